The van der Waals surface area contributed by atoms with Gasteiger partial charge >= 0.3 is 12.1 Å². The molecule has 2 heterocycles. The van der Waals surface area contributed by atoms with E-state index in [1.165, 1.54) is 4.68 Å². The van der Waals surface area contributed by atoms with E-state index in [1.807, 2.05) is 32.9 Å². The zero-order valence-electron chi connectivity index (χ0n) is 17.7. The summed E-state index contributed by atoms with van der Waals surface area (Å²) in [5, 5.41) is 4.77. The lowest BCUT2D eigenvalue weighted by atomic mass is 9.98. The summed E-state index contributed by atoms with van der Waals surface area (Å²) in [5.74, 6) is 0.150. The van der Waals surface area contributed by atoms with Crippen LogP contribution in [-0.4, -0.2) is 57.0 Å². The third kappa shape index (κ3) is 5.50. The summed E-state index contributed by atoms with van der Waals surface area (Å²) in [6.45, 7) is 8.71. The number of hydrogen-bond acceptors (Lipinski definition) is 6. The minimum absolute atomic E-state index is 0.00129. The number of likely N-dealkylation sites (tertiary alicyclic amines) is 1. The van der Waals surface area contributed by atoms with Gasteiger partial charge in [0.2, 0.25) is 0 Å². The van der Waals surface area contributed by atoms with Gasteiger partial charge in [-0.2, -0.15) is 0 Å². The number of carbonyl (C=O) groups excluding carboxylic acids is 2. The lowest BCUT2D eigenvalue weighted by Gasteiger charge is -2.33. The summed E-state index contributed by atoms with van der Waals surface area (Å²) in [6.07, 6.45) is 1.18. The largest absolute Gasteiger partial charge is 0.459 e. The van der Waals surface area contributed by atoms with Gasteiger partial charge in [0.25, 0.3) is 5.82 Å². The summed E-state index contributed by atoms with van der Waals surface area (Å²) in [6, 6.07) is 7.21. The SMILES string of the molecule is Cc1nc(C(=O)OCC2CCN(C(=O)OC(C)(C)C)CC2)nn1-c1ccccc1Cl. The quantitative estimate of drug-likeness (QED) is 0.675. The fraction of sp³-hybridized carbons (Fsp3) is 0.524. The fourth-order valence-electron chi connectivity index (χ4n) is 3.19. The Morgan fingerprint density at radius 3 is 2.50 bits per heavy atom. The molecule has 1 aromatic carbocycles. The molecule has 1 saturated heterocycles. The number of piperidine rings is 1. The van der Waals surface area contributed by atoms with Gasteiger partial charge in [-0.1, -0.05) is 23.7 Å². The lowest BCUT2D eigenvalue weighted by molar-refractivity contribution is 0.0113. The molecule has 1 amide bonds. The van der Waals surface area contributed by atoms with E-state index in [0.717, 1.165) is 12.8 Å². The van der Waals surface area contributed by atoms with Crippen LogP contribution < -0.4 is 0 Å². The van der Waals surface area contributed by atoms with Crippen LogP contribution >= 0.6 is 11.6 Å². The average Bonchev–Trinajstić information content (AvgIpc) is 3.07. The van der Waals surface area contributed by atoms with Crippen molar-refractivity contribution in [3.63, 3.8) is 0 Å². The van der Waals surface area contributed by atoms with Gasteiger partial charge in [0.05, 0.1) is 17.3 Å². The molecule has 1 fully saturated rings. The Bertz CT molecular complexity index is 914. The van der Waals surface area contributed by atoms with Gasteiger partial charge in [-0.05, 0) is 58.6 Å². The van der Waals surface area contributed by atoms with Crippen molar-refractivity contribution in [3.05, 3.63) is 40.9 Å². The molecule has 2 aromatic rings. The monoisotopic (exact) mass is 434 g/mol. The van der Waals surface area contributed by atoms with Crippen molar-refractivity contribution in [2.75, 3.05) is 19.7 Å². The Morgan fingerprint density at radius 1 is 1.20 bits per heavy atom. The minimum Gasteiger partial charge on any atom is -0.459 e. The Labute approximate surface area is 181 Å². The van der Waals surface area contributed by atoms with Gasteiger partial charge in [0.1, 0.15) is 11.4 Å². The van der Waals surface area contributed by atoms with Crippen molar-refractivity contribution in [3.8, 4) is 5.69 Å². The maximum Gasteiger partial charge on any atom is 0.410 e. The molecule has 0 aliphatic carbocycles. The van der Waals surface area contributed by atoms with E-state index in [-0.39, 0.29) is 24.4 Å². The number of nitrogens with zero attached hydrogens (tertiary/aromatic N) is 4. The highest BCUT2D eigenvalue weighted by Gasteiger charge is 2.28. The summed E-state index contributed by atoms with van der Waals surface area (Å²) < 4.78 is 12.4. The Balaban J connectivity index is 1.52. The smallest absolute Gasteiger partial charge is 0.410 e. The molecule has 0 unspecified atom stereocenters. The molecule has 30 heavy (non-hydrogen) atoms. The van der Waals surface area contributed by atoms with Crippen LogP contribution in [0.3, 0.4) is 0 Å². The number of rotatable bonds is 4. The molecule has 0 saturated carbocycles. The van der Waals surface area contributed by atoms with Crippen LogP contribution in [0, 0.1) is 12.8 Å². The van der Waals surface area contributed by atoms with Gasteiger partial charge < -0.3 is 14.4 Å². The number of aryl methyl sites for hydroxylation is 1. The molecule has 0 N–H and O–H groups in total. The van der Waals surface area contributed by atoms with Crippen molar-refractivity contribution in [2.24, 2.45) is 5.92 Å². The minimum atomic E-state index is -0.571. The highest BCUT2D eigenvalue weighted by molar-refractivity contribution is 6.32. The van der Waals surface area contributed by atoms with Crippen LogP contribution in [0.2, 0.25) is 5.02 Å². The topological polar surface area (TPSA) is 86.6 Å². The number of para-hydroxylation sites is 1. The lowest BCUT2D eigenvalue weighted by Crippen LogP contribution is -2.42. The Morgan fingerprint density at radius 2 is 1.87 bits per heavy atom. The molecule has 0 bridgehead atoms. The third-order valence-corrected chi connectivity index (χ3v) is 5.07. The molecule has 1 aromatic heterocycles. The van der Waals surface area contributed by atoms with Crippen LogP contribution in [0.5, 0.6) is 0 Å². The summed E-state index contributed by atoms with van der Waals surface area (Å²) in [7, 11) is 0. The number of carbonyl (C=O) groups is 2. The number of amides is 1. The first-order valence-corrected chi connectivity index (χ1v) is 10.4. The van der Waals surface area contributed by atoms with Gasteiger partial charge in [-0.25, -0.2) is 19.3 Å². The van der Waals surface area contributed by atoms with E-state index in [1.54, 1.807) is 24.0 Å². The summed E-state index contributed by atoms with van der Waals surface area (Å²) in [4.78, 5) is 30.5. The maximum atomic E-state index is 12.4. The highest BCUT2D eigenvalue weighted by Crippen LogP contribution is 2.22. The predicted octanol–water partition coefficient (Wildman–Crippen LogP) is 4.03. The Hall–Kier alpha value is -2.61. The van der Waals surface area contributed by atoms with Gasteiger partial charge in [-0.15, -0.1) is 5.10 Å². The molecule has 0 spiro atoms. The number of benzene rings is 1. The molecule has 0 radical (unpaired) electrons. The molecule has 1 aliphatic rings. The van der Waals surface area contributed by atoms with Gasteiger partial charge in [-0.3, -0.25) is 0 Å². The van der Waals surface area contributed by atoms with Crippen molar-refractivity contribution in [1.29, 1.82) is 0 Å². The first-order chi connectivity index (χ1) is 14.1. The van der Waals surface area contributed by atoms with Crippen LogP contribution in [0.1, 0.15) is 50.1 Å². The molecular weight excluding hydrogens is 408 g/mol. The fourth-order valence-corrected chi connectivity index (χ4v) is 3.41. The van der Waals surface area contributed by atoms with Crippen molar-refractivity contribution >= 4 is 23.7 Å². The molecule has 162 valence electrons. The second-order valence-electron chi connectivity index (χ2n) is 8.36. The van der Waals surface area contributed by atoms with E-state index in [2.05, 4.69) is 10.1 Å². The second kappa shape index (κ2) is 9.04. The molecular formula is C21H27ClN4O4. The van der Waals surface area contributed by atoms with Crippen molar-refractivity contribution in [2.45, 2.75) is 46.1 Å². The normalized spacial score (nSPS) is 15.2. The standard InChI is InChI=1S/C21H27ClN4O4/c1-14-23-18(24-26(14)17-8-6-5-7-16(17)22)19(27)29-13-15-9-11-25(12-10-15)20(28)30-21(2,3)4/h5-8,15H,9-13H2,1-4H3. The first kappa shape index (κ1) is 22.1. The van der Waals surface area contributed by atoms with Crippen LogP contribution in [0.15, 0.2) is 24.3 Å². The highest BCUT2D eigenvalue weighted by atomic mass is 35.5. The van der Waals surface area contributed by atoms with Crippen molar-refractivity contribution in [1.82, 2.24) is 19.7 Å². The third-order valence-electron chi connectivity index (χ3n) is 4.75. The zero-order valence-corrected chi connectivity index (χ0v) is 18.5. The predicted molar refractivity (Wildman–Crippen MR) is 112 cm³/mol. The number of esters is 1. The van der Waals surface area contributed by atoms with E-state index in [4.69, 9.17) is 21.1 Å². The maximum absolute atomic E-state index is 12.4. The number of ether oxygens (including phenoxy) is 2. The van der Waals surface area contributed by atoms with E-state index in [9.17, 15) is 9.59 Å². The summed E-state index contributed by atoms with van der Waals surface area (Å²) in [5.41, 5.74) is 0.139. The van der Waals surface area contributed by atoms with Gasteiger partial charge in [0.15, 0.2) is 0 Å². The van der Waals surface area contributed by atoms with E-state index in [0.29, 0.717) is 29.6 Å². The second-order valence-corrected chi connectivity index (χ2v) is 8.76. The van der Waals surface area contributed by atoms with Crippen LogP contribution in [0.4, 0.5) is 4.79 Å². The van der Waals surface area contributed by atoms with Gasteiger partial charge in [0, 0.05) is 13.1 Å². The van der Waals surface area contributed by atoms with Crippen LogP contribution in [0.25, 0.3) is 5.69 Å². The summed E-state index contributed by atoms with van der Waals surface area (Å²) >= 11 is 6.21. The van der Waals surface area contributed by atoms with Crippen molar-refractivity contribution < 1.29 is 19.1 Å². The number of aromatic nitrogens is 3. The molecule has 1 aliphatic heterocycles. The average molecular weight is 435 g/mol. The molecule has 0 atom stereocenters. The zero-order chi connectivity index (χ0) is 21.9. The number of hydrogen-bond donors (Lipinski definition) is 0. The Kier molecular flexibility index (Phi) is 6.65. The molecule has 9 heteroatoms. The molecule has 3 rings (SSSR count). The molecule has 8 nitrogen and oxygen atoms in total. The first-order valence-electron chi connectivity index (χ1n) is 9.97. The van der Waals surface area contributed by atoms with E-state index < -0.39 is 11.6 Å². The van der Waals surface area contributed by atoms with Crippen LogP contribution in [-0.2, 0) is 9.47 Å². The van der Waals surface area contributed by atoms with E-state index >= 15 is 0 Å². The number of halogens is 1.